The maximum atomic E-state index is 5.96. The van der Waals surface area contributed by atoms with E-state index in [-0.39, 0.29) is 0 Å². The van der Waals surface area contributed by atoms with E-state index in [0.717, 1.165) is 26.1 Å². The zero-order chi connectivity index (χ0) is 16.5. The third-order valence-electron chi connectivity index (χ3n) is 4.60. The van der Waals surface area contributed by atoms with Crippen molar-refractivity contribution in [2.24, 2.45) is 11.8 Å². The van der Waals surface area contributed by atoms with Crippen molar-refractivity contribution in [1.29, 1.82) is 0 Å². The molecule has 2 nitrogen and oxygen atoms in total. The summed E-state index contributed by atoms with van der Waals surface area (Å²) in [6.45, 7) is 2.99. The highest BCUT2D eigenvalue weighted by atomic mass is 16.5. The van der Waals surface area contributed by atoms with Gasteiger partial charge in [-0.2, -0.15) is 0 Å². The Morgan fingerprint density at radius 3 is 1.46 bits per heavy atom. The Bertz CT molecular complexity index is 551. The van der Waals surface area contributed by atoms with Crippen molar-refractivity contribution in [1.82, 2.24) is 0 Å². The molecule has 2 heteroatoms. The molecule has 2 aromatic rings. The van der Waals surface area contributed by atoms with Crippen molar-refractivity contribution in [2.75, 3.05) is 13.2 Å². The molecule has 24 heavy (non-hydrogen) atoms. The van der Waals surface area contributed by atoms with Crippen LogP contribution in [-0.2, 0) is 22.7 Å². The minimum absolute atomic E-state index is 0.550. The van der Waals surface area contributed by atoms with Gasteiger partial charge in [0.1, 0.15) is 0 Å². The Kier molecular flexibility index (Phi) is 6.64. The molecule has 2 aromatic carbocycles. The second-order valence-electron chi connectivity index (χ2n) is 6.46. The summed E-state index contributed by atoms with van der Waals surface area (Å²) in [5, 5.41) is 0. The van der Waals surface area contributed by atoms with Crippen LogP contribution in [0.3, 0.4) is 0 Å². The number of hydrogen-bond acceptors (Lipinski definition) is 2. The van der Waals surface area contributed by atoms with Gasteiger partial charge in [-0.3, -0.25) is 0 Å². The zero-order valence-corrected chi connectivity index (χ0v) is 14.1. The van der Waals surface area contributed by atoms with Crippen molar-refractivity contribution in [2.45, 2.75) is 26.1 Å². The second-order valence-corrected chi connectivity index (χ2v) is 6.46. The third kappa shape index (κ3) is 5.33. The van der Waals surface area contributed by atoms with E-state index < -0.39 is 0 Å². The van der Waals surface area contributed by atoms with Gasteiger partial charge < -0.3 is 9.47 Å². The number of hydrogen-bond donors (Lipinski definition) is 0. The summed E-state index contributed by atoms with van der Waals surface area (Å²) in [4.78, 5) is 0. The standard InChI is InChI=1S/C22H26O2/c1-3-9-19(10-4-1)15-23-17-21-13-7-8-14-22(21)18-24-16-20-11-5-2-6-12-20/h1-12,21-22H,13-18H2/t21-,22+. The highest BCUT2D eigenvalue weighted by Gasteiger charge is 2.22. The molecule has 126 valence electrons. The van der Waals surface area contributed by atoms with Crippen LogP contribution in [0.1, 0.15) is 24.0 Å². The molecule has 0 bridgehead atoms. The van der Waals surface area contributed by atoms with Gasteiger partial charge in [0.05, 0.1) is 26.4 Å². The van der Waals surface area contributed by atoms with Crippen LogP contribution < -0.4 is 0 Å². The largest absolute Gasteiger partial charge is 0.376 e. The van der Waals surface area contributed by atoms with E-state index in [4.69, 9.17) is 9.47 Å². The highest BCUT2D eigenvalue weighted by molar-refractivity contribution is 5.14. The van der Waals surface area contributed by atoms with E-state index in [2.05, 4.69) is 60.7 Å². The Hall–Kier alpha value is -1.90. The minimum atomic E-state index is 0.550. The first kappa shape index (κ1) is 16.9. The van der Waals surface area contributed by atoms with Crippen LogP contribution in [-0.4, -0.2) is 13.2 Å². The van der Waals surface area contributed by atoms with Crippen LogP contribution in [0.15, 0.2) is 72.8 Å². The summed E-state index contributed by atoms with van der Waals surface area (Å²) in [7, 11) is 0. The number of ether oxygens (including phenoxy) is 2. The lowest BCUT2D eigenvalue weighted by Crippen LogP contribution is -2.26. The molecule has 0 N–H and O–H groups in total. The van der Waals surface area contributed by atoms with Gasteiger partial charge in [0.25, 0.3) is 0 Å². The number of rotatable bonds is 8. The van der Waals surface area contributed by atoms with Crippen LogP contribution in [0.4, 0.5) is 0 Å². The van der Waals surface area contributed by atoms with Gasteiger partial charge in [-0.15, -0.1) is 0 Å². The molecule has 0 aromatic heterocycles. The average Bonchev–Trinajstić information content (AvgIpc) is 2.65. The molecule has 1 aliphatic carbocycles. The van der Waals surface area contributed by atoms with Gasteiger partial charge in [-0.1, -0.05) is 72.8 Å². The Morgan fingerprint density at radius 1 is 0.625 bits per heavy atom. The number of benzene rings is 2. The van der Waals surface area contributed by atoms with Gasteiger partial charge >= 0.3 is 0 Å². The van der Waals surface area contributed by atoms with Crippen molar-refractivity contribution >= 4 is 0 Å². The molecule has 0 amide bonds. The van der Waals surface area contributed by atoms with Gasteiger partial charge in [-0.05, 0) is 35.8 Å². The van der Waals surface area contributed by atoms with Crippen LogP contribution in [0.5, 0.6) is 0 Å². The second kappa shape index (κ2) is 9.41. The smallest absolute Gasteiger partial charge is 0.0717 e. The minimum Gasteiger partial charge on any atom is -0.376 e. The monoisotopic (exact) mass is 322 g/mol. The highest BCUT2D eigenvalue weighted by Crippen LogP contribution is 2.26. The van der Waals surface area contributed by atoms with Crippen LogP contribution >= 0.6 is 0 Å². The van der Waals surface area contributed by atoms with Gasteiger partial charge in [0.15, 0.2) is 0 Å². The molecule has 3 rings (SSSR count). The third-order valence-corrected chi connectivity index (χ3v) is 4.60. The lowest BCUT2D eigenvalue weighted by molar-refractivity contribution is 0.0207. The Labute approximate surface area is 145 Å². The summed E-state index contributed by atoms with van der Waals surface area (Å²) < 4.78 is 11.9. The van der Waals surface area contributed by atoms with E-state index in [1.807, 2.05) is 12.1 Å². The maximum absolute atomic E-state index is 5.96. The van der Waals surface area contributed by atoms with E-state index in [1.165, 1.54) is 11.1 Å². The molecule has 0 saturated heterocycles. The average molecular weight is 322 g/mol. The van der Waals surface area contributed by atoms with Gasteiger partial charge in [0.2, 0.25) is 0 Å². The van der Waals surface area contributed by atoms with E-state index >= 15 is 0 Å². The molecule has 0 fully saturated rings. The van der Waals surface area contributed by atoms with Crippen molar-refractivity contribution in [3.8, 4) is 0 Å². The fourth-order valence-electron chi connectivity index (χ4n) is 3.14. The molecule has 0 spiro atoms. The van der Waals surface area contributed by atoms with E-state index in [1.54, 1.807) is 0 Å². The predicted octanol–water partition coefficient (Wildman–Crippen LogP) is 5.00. The fourth-order valence-corrected chi connectivity index (χ4v) is 3.14. The fraction of sp³-hybridized carbons (Fsp3) is 0.364. The molecule has 0 heterocycles. The summed E-state index contributed by atoms with van der Waals surface area (Å²) in [5.41, 5.74) is 2.47. The summed E-state index contributed by atoms with van der Waals surface area (Å²) >= 11 is 0. The lowest BCUT2D eigenvalue weighted by Gasteiger charge is -2.28. The molecular formula is C22H26O2. The molecule has 0 aliphatic heterocycles. The Morgan fingerprint density at radius 2 is 1.04 bits per heavy atom. The lowest BCUT2D eigenvalue weighted by atomic mass is 9.84. The first-order valence-corrected chi connectivity index (χ1v) is 8.80. The SMILES string of the molecule is C1=CC[C@@H](COCc2ccccc2)[C@@H](COCc2ccccc2)C1. The quantitative estimate of drug-likeness (QED) is 0.637. The zero-order valence-electron chi connectivity index (χ0n) is 14.1. The topological polar surface area (TPSA) is 18.5 Å². The number of allylic oxidation sites excluding steroid dienone is 2. The van der Waals surface area contributed by atoms with Gasteiger partial charge in [0, 0.05) is 0 Å². The molecule has 0 radical (unpaired) electrons. The summed E-state index contributed by atoms with van der Waals surface area (Å²) in [6, 6.07) is 20.8. The first-order valence-electron chi connectivity index (χ1n) is 8.80. The van der Waals surface area contributed by atoms with E-state index in [9.17, 15) is 0 Å². The summed E-state index contributed by atoms with van der Waals surface area (Å²) in [6.07, 6.45) is 6.75. The summed E-state index contributed by atoms with van der Waals surface area (Å²) in [5.74, 6) is 1.10. The van der Waals surface area contributed by atoms with Gasteiger partial charge in [-0.25, -0.2) is 0 Å². The molecule has 0 unspecified atom stereocenters. The van der Waals surface area contributed by atoms with Crippen molar-refractivity contribution < 1.29 is 9.47 Å². The molecule has 0 saturated carbocycles. The molecular weight excluding hydrogens is 296 g/mol. The maximum Gasteiger partial charge on any atom is 0.0717 e. The predicted molar refractivity (Wildman–Crippen MR) is 97.6 cm³/mol. The normalized spacial score (nSPS) is 20.2. The Balaban J connectivity index is 1.42. The molecule has 2 atom stereocenters. The van der Waals surface area contributed by atoms with Crippen LogP contribution in [0.25, 0.3) is 0 Å². The molecule has 1 aliphatic rings. The van der Waals surface area contributed by atoms with Crippen LogP contribution in [0.2, 0.25) is 0 Å². The van der Waals surface area contributed by atoms with Crippen LogP contribution in [0, 0.1) is 11.8 Å². The van der Waals surface area contributed by atoms with Crippen molar-refractivity contribution in [3.63, 3.8) is 0 Å². The first-order chi connectivity index (χ1) is 11.9. The van der Waals surface area contributed by atoms with E-state index in [0.29, 0.717) is 25.0 Å². The van der Waals surface area contributed by atoms with Crippen molar-refractivity contribution in [3.05, 3.63) is 83.9 Å².